The maximum absolute atomic E-state index is 12.7. The fourth-order valence-electron chi connectivity index (χ4n) is 3.92. The average Bonchev–Trinajstić information content (AvgIpc) is 3.22. The number of nitrogens with one attached hydrogen (secondary N) is 1. The highest BCUT2D eigenvalue weighted by Gasteiger charge is 2.56. The lowest BCUT2D eigenvalue weighted by Crippen LogP contribution is -2.46. The lowest BCUT2D eigenvalue weighted by Gasteiger charge is -2.26. The Morgan fingerprint density at radius 2 is 2.00 bits per heavy atom. The van der Waals surface area contributed by atoms with Crippen LogP contribution in [-0.2, 0) is 20.9 Å². The minimum Gasteiger partial charge on any atom is -0.575 e. The van der Waals surface area contributed by atoms with Gasteiger partial charge < -0.3 is 29.3 Å². The summed E-state index contributed by atoms with van der Waals surface area (Å²) in [5.41, 5.74) is 5.97. The SMILES string of the molecule is C[C@H](N=[P+]([O-])Oc1ccc(Cl)cc1OC[C@@]1(N=[N+]=[N-])O[C@@H](n2ccc(=O)[nH]c2=O)[C@H](O)[C@@H]1O)C(=O)OCc1ccccc1. The maximum Gasteiger partial charge on any atom is 0.395 e. The molecule has 0 amide bonds. The zero-order valence-corrected chi connectivity index (χ0v) is 23.9. The summed E-state index contributed by atoms with van der Waals surface area (Å²) in [6.45, 7) is 0.622. The first kappa shape index (κ1) is 31.7. The second-order valence-corrected chi connectivity index (χ2v) is 10.4. The molecule has 226 valence electrons. The van der Waals surface area contributed by atoms with Crippen molar-refractivity contribution in [3.05, 3.63) is 103 Å². The van der Waals surface area contributed by atoms with E-state index in [0.717, 1.165) is 22.4 Å². The number of benzene rings is 2. The van der Waals surface area contributed by atoms with Crippen molar-refractivity contribution in [1.29, 1.82) is 0 Å². The predicted molar refractivity (Wildman–Crippen MR) is 148 cm³/mol. The standard InChI is InChI=1S/C25H24ClN6O10P/c1-14(23(36)39-12-15-5-3-2-4-6-15)29-43(38)42-17-8-7-16(26)11-18(17)40-13-25(30-31-27)21(35)20(34)22(41-25)32-10-9-19(33)28-24(32)37/h2-11,14,20-22,34-35H,12-13H2,1H3,(H,28,33,37)/t14-,20+,21-,22+,25+/m0/s1. The van der Waals surface area contributed by atoms with E-state index in [2.05, 4.69) is 14.8 Å². The van der Waals surface area contributed by atoms with Gasteiger partial charge in [-0.05, 0) is 30.2 Å². The van der Waals surface area contributed by atoms with E-state index in [1.54, 1.807) is 24.3 Å². The molecule has 1 aromatic heterocycles. The number of azide groups is 1. The molecule has 1 aliphatic heterocycles. The molecular weight excluding hydrogens is 611 g/mol. The van der Waals surface area contributed by atoms with Crippen LogP contribution in [0.25, 0.3) is 10.4 Å². The lowest BCUT2D eigenvalue weighted by atomic mass is 10.1. The molecule has 0 aliphatic carbocycles. The Labute approximate surface area is 248 Å². The highest BCUT2D eigenvalue weighted by Crippen LogP contribution is 2.41. The summed E-state index contributed by atoms with van der Waals surface area (Å²) in [7, 11) is -2.84. The van der Waals surface area contributed by atoms with Gasteiger partial charge in [0.2, 0.25) is 11.5 Å². The van der Waals surface area contributed by atoms with Crippen LogP contribution < -0.4 is 25.4 Å². The molecule has 3 aromatic rings. The number of H-pyrrole nitrogens is 1. The number of aliphatic hydroxyl groups excluding tert-OH is 2. The molecule has 1 saturated heterocycles. The number of hydrogen-bond acceptors (Lipinski definition) is 12. The third-order valence-corrected chi connectivity index (χ3v) is 7.21. The quantitative estimate of drug-likeness (QED) is 0.0910. The smallest absolute Gasteiger partial charge is 0.395 e. The van der Waals surface area contributed by atoms with Gasteiger partial charge in [-0.25, -0.2) is 9.59 Å². The van der Waals surface area contributed by atoms with Crippen molar-refractivity contribution in [3.63, 3.8) is 0 Å². The first-order valence-electron chi connectivity index (χ1n) is 12.4. The van der Waals surface area contributed by atoms with Crippen LogP contribution >= 0.6 is 19.8 Å². The maximum atomic E-state index is 12.7. The number of halogens is 1. The molecule has 16 nitrogen and oxygen atoms in total. The van der Waals surface area contributed by atoms with Gasteiger partial charge in [-0.15, -0.1) is 0 Å². The molecule has 0 radical (unpaired) electrons. The van der Waals surface area contributed by atoms with Crippen LogP contribution in [0.5, 0.6) is 11.5 Å². The van der Waals surface area contributed by atoms with Crippen LogP contribution in [0, 0.1) is 0 Å². The van der Waals surface area contributed by atoms with Gasteiger partial charge in [0.25, 0.3) is 5.56 Å². The average molecular weight is 635 g/mol. The lowest BCUT2D eigenvalue weighted by molar-refractivity contribution is -0.170. The Morgan fingerprint density at radius 3 is 2.70 bits per heavy atom. The summed E-state index contributed by atoms with van der Waals surface area (Å²) in [6.07, 6.45) is -4.27. The van der Waals surface area contributed by atoms with Crippen molar-refractivity contribution in [2.75, 3.05) is 6.61 Å². The number of carbonyl (C=O) groups is 1. The Morgan fingerprint density at radius 1 is 1.26 bits per heavy atom. The van der Waals surface area contributed by atoms with E-state index in [-0.39, 0.29) is 23.1 Å². The van der Waals surface area contributed by atoms with Crippen molar-refractivity contribution in [1.82, 2.24) is 9.55 Å². The van der Waals surface area contributed by atoms with Gasteiger partial charge in [-0.2, -0.15) is 0 Å². The van der Waals surface area contributed by atoms with Gasteiger partial charge in [-0.3, -0.25) is 18.9 Å². The minimum absolute atomic E-state index is 0.000401. The van der Waals surface area contributed by atoms with Crippen molar-refractivity contribution < 1.29 is 38.6 Å². The number of aromatic nitrogens is 2. The van der Waals surface area contributed by atoms with Crippen LogP contribution in [-0.4, -0.2) is 56.3 Å². The number of rotatable bonds is 11. The number of aliphatic hydroxyl groups is 2. The zero-order chi connectivity index (χ0) is 31.1. The minimum atomic E-state index is -2.84. The molecule has 1 aliphatic rings. The fraction of sp³-hybridized carbons (Fsp3) is 0.320. The first-order chi connectivity index (χ1) is 20.5. The molecular formula is C25H24ClN6O10P. The largest absolute Gasteiger partial charge is 0.575 e. The molecule has 18 heteroatoms. The van der Waals surface area contributed by atoms with Crippen molar-refractivity contribution in [3.8, 4) is 11.5 Å². The van der Waals surface area contributed by atoms with Gasteiger partial charge in [-0.1, -0.05) is 51.8 Å². The van der Waals surface area contributed by atoms with E-state index in [0.29, 0.717) is 0 Å². The molecule has 1 unspecified atom stereocenters. The van der Waals surface area contributed by atoms with Crippen molar-refractivity contribution in [2.24, 2.45) is 9.86 Å². The number of ether oxygens (including phenoxy) is 3. The summed E-state index contributed by atoms with van der Waals surface area (Å²) in [6, 6.07) is 12.7. The third kappa shape index (κ3) is 7.58. The third-order valence-electron chi connectivity index (χ3n) is 6.09. The van der Waals surface area contributed by atoms with Crippen LogP contribution in [0.1, 0.15) is 18.7 Å². The van der Waals surface area contributed by atoms with E-state index >= 15 is 0 Å². The Bertz CT molecular complexity index is 1660. The summed E-state index contributed by atoms with van der Waals surface area (Å²) in [4.78, 5) is 53.3. The van der Waals surface area contributed by atoms with Crippen LogP contribution in [0.3, 0.4) is 0 Å². The Balaban J connectivity index is 1.49. The second kappa shape index (κ2) is 13.8. The monoisotopic (exact) mass is 634 g/mol. The normalized spacial score (nSPS) is 22.3. The first-order valence-corrected chi connectivity index (χ1v) is 13.9. The van der Waals surface area contributed by atoms with E-state index in [4.69, 9.17) is 35.9 Å². The summed E-state index contributed by atoms with van der Waals surface area (Å²) < 4.78 is 26.5. The Hall–Kier alpha value is -4.27. The van der Waals surface area contributed by atoms with Gasteiger partial charge in [0.05, 0.1) is 0 Å². The Kier molecular flexibility index (Phi) is 10.2. The van der Waals surface area contributed by atoms with Crippen LogP contribution in [0.15, 0.2) is 80.2 Å². The highest BCUT2D eigenvalue weighted by molar-refractivity contribution is 7.34. The zero-order valence-electron chi connectivity index (χ0n) is 22.2. The number of esters is 1. The molecule has 0 saturated carbocycles. The molecule has 4 rings (SSSR count). The number of nitrogens with zero attached hydrogens (tertiary/aromatic N) is 5. The highest BCUT2D eigenvalue weighted by atomic mass is 35.5. The van der Waals surface area contributed by atoms with Gasteiger partial charge in [0, 0.05) is 28.3 Å². The molecule has 0 spiro atoms. The number of carbonyl (C=O) groups excluding carboxylic acids is 1. The molecule has 1 fully saturated rings. The summed E-state index contributed by atoms with van der Waals surface area (Å²) >= 11 is 6.08. The van der Waals surface area contributed by atoms with E-state index in [9.17, 15) is 29.5 Å². The van der Waals surface area contributed by atoms with Gasteiger partial charge in [0.1, 0.15) is 25.4 Å². The van der Waals surface area contributed by atoms with Crippen LogP contribution in [0.4, 0.5) is 0 Å². The topological polar surface area (TPSA) is 233 Å². The molecule has 2 heterocycles. The molecule has 3 N–H and O–H groups in total. The fourth-order valence-corrected chi connectivity index (χ4v) is 4.83. The number of hydrogen-bond donors (Lipinski definition) is 3. The molecule has 6 atom stereocenters. The summed E-state index contributed by atoms with van der Waals surface area (Å²) in [5.74, 6) is -1.05. The van der Waals surface area contributed by atoms with E-state index in [1.807, 2.05) is 11.1 Å². The summed E-state index contributed by atoms with van der Waals surface area (Å²) in [5, 5.41) is 25.0. The van der Waals surface area contributed by atoms with E-state index in [1.165, 1.54) is 25.1 Å². The molecule has 43 heavy (non-hydrogen) atoms. The van der Waals surface area contributed by atoms with Crippen molar-refractivity contribution >= 4 is 25.7 Å². The van der Waals surface area contributed by atoms with Crippen LogP contribution in [0.2, 0.25) is 5.02 Å². The van der Waals surface area contributed by atoms with E-state index < -0.39 is 62.2 Å². The predicted octanol–water partition coefficient (Wildman–Crippen LogP) is 1.89. The van der Waals surface area contributed by atoms with Gasteiger partial charge >= 0.3 is 19.8 Å². The number of aromatic amines is 1. The molecule has 0 bridgehead atoms. The molecule has 2 aromatic carbocycles. The second-order valence-electron chi connectivity index (χ2n) is 9.09. The van der Waals surface area contributed by atoms with Crippen molar-refractivity contribution in [2.45, 2.75) is 43.7 Å². The van der Waals surface area contributed by atoms with Gasteiger partial charge in [0.15, 0.2) is 18.0 Å².